The molecule has 0 bridgehead atoms. The molecular formula is C14H19N5. The number of aromatic nitrogens is 3. The van der Waals surface area contributed by atoms with Crippen LogP contribution >= 0.6 is 0 Å². The first kappa shape index (κ1) is 12.2. The molecule has 19 heavy (non-hydrogen) atoms. The molecule has 0 saturated carbocycles. The van der Waals surface area contributed by atoms with Crippen molar-refractivity contribution in [3.05, 3.63) is 42.2 Å². The van der Waals surface area contributed by atoms with Gasteiger partial charge >= 0.3 is 0 Å². The molecule has 1 N–H and O–H groups in total. The van der Waals surface area contributed by atoms with E-state index in [9.17, 15) is 0 Å². The van der Waals surface area contributed by atoms with Crippen LogP contribution in [-0.4, -0.2) is 32.5 Å². The van der Waals surface area contributed by atoms with Crippen molar-refractivity contribution in [3.8, 4) is 0 Å². The normalized spacial score (nSPS) is 15.2. The van der Waals surface area contributed by atoms with Crippen molar-refractivity contribution < 1.29 is 0 Å². The maximum atomic E-state index is 4.45. The van der Waals surface area contributed by atoms with E-state index in [1.54, 1.807) is 0 Å². The quantitative estimate of drug-likeness (QED) is 0.906. The Balaban J connectivity index is 1.67. The van der Waals surface area contributed by atoms with Gasteiger partial charge in [-0.15, -0.1) is 0 Å². The van der Waals surface area contributed by atoms with Crippen LogP contribution in [0.25, 0.3) is 0 Å². The summed E-state index contributed by atoms with van der Waals surface area (Å²) in [7, 11) is 0. The number of nitrogens with zero attached hydrogens (tertiary/aromatic N) is 4. The van der Waals surface area contributed by atoms with Crippen molar-refractivity contribution >= 4 is 5.69 Å². The molecule has 0 unspecified atom stereocenters. The van der Waals surface area contributed by atoms with Gasteiger partial charge in [-0.25, -0.2) is 4.98 Å². The Hall–Kier alpha value is -1.88. The van der Waals surface area contributed by atoms with E-state index in [0.29, 0.717) is 0 Å². The highest BCUT2D eigenvalue weighted by molar-refractivity contribution is 5.42. The third-order valence-electron chi connectivity index (χ3n) is 3.41. The fourth-order valence-electron chi connectivity index (χ4n) is 2.47. The Morgan fingerprint density at radius 2 is 2.21 bits per heavy atom. The number of hydrogen-bond donors (Lipinski definition) is 1. The highest BCUT2D eigenvalue weighted by atomic mass is 15.2. The molecule has 2 aromatic rings. The molecule has 0 radical (unpaired) electrons. The maximum absolute atomic E-state index is 4.45. The number of nitrogens with one attached hydrogen (secondary N) is 1. The van der Waals surface area contributed by atoms with E-state index >= 15 is 0 Å². The number of pyridine rings is 1. The highest BCUT2D eigenvalue weighted by Crippen LogP contribution is 2.14. The molecular weight excluding hydrogens is 238 g/mol. The number of anilines is 1. The predicted molar refractivity (Wildman–Crippen MR) is 74.7 cm³/mol. The van der Waals surface area contributed by atoms with Gasteiger partial charge < -0.3 is 9.88 Å². The lowest BCUT2D eigenvalue weighted by atomic mass is 10.2. The lowest BCUT2D eigenvalue weighted by molar-refractivity contribution is 0.206. The maximum Gasteiger partial charge on any atom is 0.122 e. The van der Waals surface area contributed by atoms with Gasteiger partial charge in [0, 0.05) is 50.5 Å². The molecule has 3 heterocycles. The first-order valence-electron chi connectivity index (χ1n) is 6.76. The minimum absolute atomic E-state index is 0.881. The van der Waals surface area contributed by atoms with Crippen LogP contribution in [0.2, 0.25) is 0 Å². The summed E-state index contributed by atoms with van der Waals surface area (Å²) in [5, 5.41) is 3.32. The Kier molecular flexibility index (Phi) is 3.46. The van der Waals surface area contributed by atoms with Crippen molar-refractivity contribution in [1.29, 1.82) is 0 Å². The molecule has 0 saturated heterocycles. The highest BCUT2D eigenvalue weighted by Gasteiger charge is 2.16. The summed E-state index contributed by atoms with van der Waals surface area (Å²) in [6, 6.07) is 4.14. The average Bonchev–Trinajstić information content (AvgIpc) is 2.87. The van der Waals surface area contributed by atoms with Gasteiger partial charge in [0.15, 0.2) is 0 Å². The van der Waals surface area contributed by atoms with E-state index < -0.39 is 0 Å². The third kappa shape index (κ3) is 2.76. The number of fused-ring (bicyclic) bond motifs is 1. The van der Waals surface area contributed by atoms with Gasteiger partial charge in [0.25, 0.3) is 0 Å². The summed E-state index contributed by atoms with van der Waals surface area (Å²) in [5.74, 6) is 1.15. The monoisotopic (exact) mass is 257 g/mol. The number of rotatable bonds is 4. The van der Waals surface area contributed by atoms with Crippen LogP contribution < -0.4 is 5.32 Å². The molecule has 0 aliphatic carbocycles. The molecule has 1 aliphatic rings. The standard InChI is InChI=1S/C14H19N5/c1-2-15-12-3-4-16-13(9-12)10-18-7-8-19-6-5-17-14(19)11-18/h3-6,9H,2,7-8,10-11H2,1H3,(H,15,16). The summed E-state index contributed by atoms with van der Waals surface area (Å²) < 4.78 is 2.22. The summed E-state index contributed by atoms with van der Waals surface area (Å²) >= 11 is 0. The topological polar surface area (TPSA) is 46.0 Å². The molecule has 0 aromatic carbocycles. The zero-order chi connectivity index (χ0) is 13.1. The first-order valence-corrected chi connectivity index (χ1v) is 6.76. The van der Waals surface area contributed by atoms with Gasteiger partial charge in [-0.05, 0) is 19.1 Å². The van der Waals surface area contributed by atoms with E-state index in [0.717, 1.165) is 49.9 Å². The van der Waals surface area contributed by atoms with Crippen LogP contribution in [0, 0.1) is 0 Å². The second-order valence-electron chi connectivity index (χ2n) is 4.81. The minimum atomic E-state index is 0.881. The molecule has 5 heteroatoms. The number of hydrogen-bond acceptors (Lipinski definition) is 4. The number of imidazole rings is 1. The zero-order valence-corrected chi connectivity index (χ0v) is 11.2. The molecule has 0 fully saturated rings. The largest absolute Gasteiger partial charge is 0.385 e. The summed E-state index contributed by atoms with van der Waals surface area (Å²) in [5.41, 5.74) is 2.25. The summed E-state index contributed by atoms with van der Waals surface area (Å²) in [6.45, 7) is 6.89. The van der Waals surface area contributed by atoms with Crippen molar-refractivity contribution in [2.75, 3.05) is 18.4 Å². The van der Waals surface area contributed by atoms with Crippen LogP contribution in [-0.2, 0) is 19.6 Å². The SMILES string of the molecule is CCNc1ccnc(CN2CCn3ccnc3C2)c1. The molecule has 3 rings (SSSR count). The molecule has 100 valence electrons. The molecule has 0 atom stereocenters. The van der Waals surface area contributed by atoms with E-state index in [-0.39, 0.29) is 0 Å². The fraction of sp³-hybridized carbons (Fsp3) is 0.429. The first-order chi connectivity index (χ1) is 9.35. The Morgan fingerprint density at radius 3 is 3.11 bits per heavy atom. The molecule has 1 aliphatic heterocycles. The Bertz CT molecular complexity index is 548. The van der Waals surface area contributed by atoms with E-state index in [2.05, 4.69) is 43.9 Å². The van der Waals surface area contributed by atoms with Crippen LogP contribution in [0.15, 0.2) is 30.7 Å². The van der Waals surface area contributed by atoms with Crippen molar-refractivity contribution in [3.63, 3.8) is 0 Å². The van der Waals surface area contributed by atoms with Gasteiger partial charge in [-0.3, -0.25) is 9.88 Å². The Labute approximate surface area is 113 Å². The van der Waals surface area contributed by atoms with Crippen molar-refractivity contribution in [2.24, 2.45) is 0 Å². The minimum Gasteiger partial charge on any atom is -0.385 e. The van der Waals surface area contributed by atoms with Crippen molar-refractivity contribution in [1.82, 2.24) is 19.4 Å². The molecule has 0 spiro atoms. The van der Waals surface area contributed by atoms with Gasteiger partial charge in [-0.2, -0.15) is 0 Å². The van der Waals surface area contributed by atoms with E-state index in [4.69, 9.17) is 0 Å². The lowest BCUT2D eigenvalue weighted by Crippen LogP contribution is -2.33. The van der Waals surface area contributed by atoms with Crippen molar-refractivity contribution in [2.45, 2.75) is 26.6 Å². The lowest BCUT2D eigenvalue weighted by Gasteiger charge is -2.27. The Morgan fingerprint density at radius 1 is 1.26 bits per heavy atom. The zero-order valence-electron chi connectivity index (χ0n) is 11.2. The van der Waals surface area contributed by atoms with Gasteiger partial charge in [0.2, 0.25) is 0 Å². The van der Waals surface area contributed by atoms with Crippen LogP contribution in [0.3, 0.4) is 0 Å². The second kappa shape index (κ2) is 5.40. The summed E-state index contributed by atoms with van der Waals surface area (Å²) in [6.07, 6.45) is 5.80. The smallest absolute Gasteiger partial charge is 0.122 e. The van der Waals surface area contributed by atoms with Crippen LogP contribution in [0.5, 0.6) is 0 Å². The summed E-state index contributed by atoms with van der Waals surface area (Å²) in [4.78, 5) is 11.2. The van der Waals surface area contributed by atoms with Crippen LogP contribution in [0.1, 0.15) is 18.4 Å². The fourth-order valence-corrected chi connectivity index (χ4v) is 2.47. The van der Waals surface area contributed by atoms with Gasteiger partial charge in [-0.1, -0.05) is 0 Å². The molecule has 5 nitrogen and oxygen atoms in total. The average molecular weight is 257 g/mol. The molecule has 2 aromatic heterocycles. The van der Waals surface area contributed by atoms with E-state index in [1.807, 2.05) is 18.5 Å². The van der Waals surface area contributed by atoms with Crippen LogP contribution in [0.4, 0.5) is 5.69 Å². The predicted octanol–water partition coefficient (Wildman–Crippen LogP) is 1.73. The van der Waals surface area contributed by atoms with Gasteiger partial charge in [0.1, 0.15) is 5.82 Å². The third-order valence-corrected chi connectivity index (χ3v) is 3.41. The second-order valence-corrected chi connectivity index (χ2v) is 4.81. The van der Waals surface area contributed by atoms with Gasteiger partial charge in [0.05, 0.1) is 12.2 Å². The molecule has 0 amide bonds. The van der Waals surface area contributed by atoms with E-state index in [1.165, 1.54) is 0 Å².